The number of aliphatic hydroxyl groups excluding tert-OH is 1. The maximum absolute atomic E-state index is 13.3. The van der Waals surface area contributed by atoms with Gasteiger partial charge < -0.3 is 25.2 Å². The van der Waals surface area contributed by atoms with E-state index in [-0.39, 0.29) is 30.4 Å². The monoisotopic (exact) mass is 467 g/mol. The highest BCUT2D eigenvalue weighted by Gasteiger charge is 2.29. The van der Waals surface area contributed by atoms with Crippen LogP contribution in [0.1, 0.15) is 29.2 Å². The fourth-order valence-electron chi connectivity index (χ4n) is 4.50. The average Bonchev–Trinajstić information content (AvgIpc) is 3.39. The maximum atomic E-state index is 13.3. The number of aliphatic hydroxyl groups is 1. The van der Waals surface area contributed by atoms with Crippen molar-refractivity contribution in [1.29, 1.82) is 0 Å². The van der Waals surface area contributed by atoms with Gasteiger partial charge >= 0.3 is 5.97 Å². The number of carboxylic acid groups (broad SMARTS) is 1. The summed E-state index contributed by atoms with van der Waals surface area (Å²) < 4.78 is 5.34. The third-order valence-corrected chi connectivity index (χ3v) is 6.29. The van der Waals surface area contributed by atoms with Gasteiger partial charge in [-0.1, -0.05) is 24.3 Å². The molecule has 2 atom stereocenters. The van der Waals surface area contributed by atoms with Gasteiger partial charge in [0.2, 0.25) is 11.8 Å². The molecule has 2 aromatic rings. The van der Waals surface area contributed by atoms with Crippen molar-refractivity contribution in [2.45, 2.75) is 31.4 Å². The van der Waals surface area contributed by atoms with Crippen molar-refractivity contribution < 1.29 is 29.3 Å². The van der Waals surface area contributed by atoms with Gasteiger partial charge in [0.1, 0.15) is 5.75 Å². The largest absolute Gasteiger partial charge is 0.482 e. The second-order valence-electron chi connectivity index (χ2n) is 8.87. The van der Waals surface area contributed by atoms with Crippen molar-refractivity contribution >= 4 is 23.5 Å². The van der Waals surface area contributed by atoms with E-state index in [0.717, 1.165) is 28.9 Å². The fourth-order valence-corrected chi connectivity index (χ4v) is 4.50. The maximum Gasteiger partial charge on any atom is 0.341 e. The molecule has 1 fully saturated rings. The molecule has 0 radical (unpaired) electrons. The minimum absolute atomic E-state index is 0.0477. The summed E-state index contributed by atoms with van der Waals surface area (Å²) in [6.45, 7) is 1.36. The first-order valence-electron chi connectivity index (χ1n) is 11.3. The Hall–Kier alpha value is -3.43. The van der Waals surface area contributed by atoms with Gasteiger partial charge in [0.15, 0.2) is 6.61 Å². The van der Waals surface area contributed by atoms with Gasteiger partial charge in [0.25, 0.3) is 0 Å². The van der Waals surface area contributed by atoms with Gasteiger partial charge in [0.05, 0.1) is 25.0 Å². The zero-order valence-corrected chi connectivity index (χ0v) is 19.1. The van der Waals surface area contributed by atoms with E-state index in [1.165, 1.54) is 0 Å². The molecule has 4 rings (SSSR count). The molecule has 34 heavy (non-hydrogen) atoms. The lowest BCUT2D eigenvalue weighted by Gasteiger charge is -2.32. The van der Waals surface area contributed by atoms with Crippen molar-refractivity contribution in [2.75, 3.05) is 38.6 Å². The highest BCUT2D eigenvalue weighted by atomic mass is 16.5. The van der Waals surface area contributed by atoms with Crippen molar-refractivity contribution in [2.24, 2.45) is 0 Å². The Labute approximate surface area is 197 Å². The van der Waals surface area contributed by atoms with Crippen LogP contribution in [0.2, 0.25) is 0 Å². The van der Waals surface area contributed by atoms with Crippen LogP contribution in [-0.4, -0.2) is 77.2 Å². The minimum Gasteiger partial charge on any atom is -0.482 e. The van der Waals surface area contributed by atoms with E-state index in [1.54, 1.807) is 30.1 Å². The number of fused-ring (bicyclic) bond motifs is 1. The Kier molecular flexibility index (Phi) is 7.14. The fraction of sp³-hybridized carbons (Fsp3) is 0.400. The summed E-state index contributed by atoms with van der Waals surface area (Å²) in [5.74, 6) is -0.776. The molecule has 2 heterocycles. The summed E-state index contributed by atoms with van der Waals surface area (Å²) in [5.41, 5.74) is 3.34. The van der Waals surface area contributed by atoms with Crippen LogP contribution in [0.25, 0.3) is 0 Å². The van der Waals surface area contributed by atoms with E-state index in [2.05, 4.69) is 10.2 Å². The number of nitrogens with one attached hydrogen (secondary N) is 1. The number of β-amino-alcohol motifs (C(OH)–C–C–N with tert-alkyl or cyclic N) is 1. The lowest BCUT2D eigenvalue weighted by Crippen LogP contribution is -2.39. The van der Waals surface area contributed by atoms with Crippen LogP contribution >= 0.6 is 0 Å². The number of aliphatic carboxylic acids is 1. The van der Waals surface area contributed by atoms with E-state index < -0.39 is 12.6 Å². The third-order valence-electron chi connectivity index (χ3n) is 6.29. The van der Waals surface area contributed by atoms with E-state index in [0.29, 0.717) is 31.7 Å². The molecule has 2 aromatic carbocycles. The Morgan fingerprint density at radius 3 is 2.82 bits per heavy atom. The molecular weight excluding hydrogens is 438 g/mol. The first-order chi connectivity index (χ1) is 16.3. The Bertz CT molecular complexity index is 1090. The van der Waals surface area contributed by atoms with E-state index >= 15 is 0 Å². The molecule has 1 unspecified atom stereocenters. The van der Waals surface area contributed by atoms with Crippen LogP contribution in [0.3, 0.4) is 0 Å². The van der Waals surface area contributed by atoms with Crippen molar-refractivity contribution in [3.63, 3.8) is 0 Å². The number of benzene rings is 2. The van der Waals surface area contributed by atoms with Crippen LogP contribution in [0.4, 0.5) is 5.69 Å². The van der Waals surface area contributed by atoms with Gasteiger partial charge in [-0.15, -0.1) is 0 Å². The zero-order valence-electron chi connectivity index (χ0n) is 19.1. The van der Waals surface area contributed by atoms with Gasteiger partial charge in [0, 0.05) is 32.4 Å². The Morgan fingerprint density at radius 1 is 1.26 bits per heavy atom. The molecule has 0 aliphatic carbocycles. The van der Waals surface area contributed by atoms with Crippen LogP contribution < -0.4 is 10.1 Å². The number of rotatable bonds is 9. The molecule has 9 heteroatoms. The lowest BCUT2D eigenvalue weighted by molar-refractivity contribution is -0.139. The predicted molar refractivity (Wildman–Crippen MR) is 125 cm³/mol. The van der Waals surface area contributed by atoms with Gasteiger partial charge in [-0.25, -0.2) is 4.79 Å². The molecule has 9 nitrogen and oxygen atoms in total. The number of likely N-dealkylation sites (tertiary alicyclic amines) is 1. The molecule has 180 valence electrons. The first-order valence-corrected chi connectivity index (χ1v) is 11.3. The molecular formula is C25H29N3O6. The van der Waals surface area contributed by atoms with Crippen LogP contribution in [0.15, 0.2) is 42.5 Å². The van der Waals surface area contributed by atoms with Crippen molar-refractivity contribution in [3.8, 4) is 5.75 Å². The molecule has 0 aromatic heterocycles. The summed E-state index contributed by atoms with van der Waals surface area (Å²) >= 11 is 0. The van der Waals surface area contributed by atoms with E-state index in [4.69, 9.17) is 9.84 Å². The number of carbonyl (C=O) groups is 3. The highest BCUT2D eigenvalue weighted by molar-refractivity contribution is 5.99. The molecule has 1 saturated heterocycles. The van der Waals surface area contributed by atoms with Crippen LogP contribution in [0, 0.1) is 0 Å². The van der Waals surface area contributed by atoms with Crippen LogP contribution in [0.5, 0.6) is 5.75 Å². The lowest BCUT2D eigenvalue weighted by atomic mass is 10.0. The number of anilines is 1. The average molecular weight is 468 g/mol. The summed E-state index contributed by atoms with van der Waals surface area (Å²) in [6, 6.07) is 12.4. The Balaban J connectivity index is 1.52. The minimum atomic E-state index is -1.06. The Morgan fingerprint density at radius 2 is 2.09 bits per heavy atom. The summed E-state index contributed by atoms with van der Waals surface area (Å²) in [7, 11) is 1.75. The number of ether oxygens (including phenoxy) is 1. The number of hydrogen-bond acceptors (Lipinski definition) is 6. The molecule has 0 bridgehead atoms. The number of carboxylic acids is 1. The first kappa shape index (κ1) is 23.7. The van der Waals surface area contributed by atoms with Crippen molar-refractivity contribution in [1.82, 2.24) is 9.80 Å². The third kappa shape index (κ3) is 5.73. The number of carbonyl (C=O) groups excluding carboxylic acids is 2. The molecule has 2 amide bonds. The molecule has 2 aliphatic rings. The summed E-state index contributed by atoms with van der Waals surface area (Å²) in [5, 5.41) is 21.7. The quantitative estimate of drug-likeness (QED) is 0.511. The standard InChI is InChI=1S/C25H29N3O6/c1-27(24(31)10-16-5-6-21-18(9-16)12-23(30)26-21)22(14-28-8-7-19(29)13-28)17-3-2-4-20(11-17)34-15-25(32)33/h2-6,9,11,19,22,29H,7-8,10,12-15H2,1H3,(H,26,30)(H,32,33)/t19-,22?/m1/s1. The van der Waals surface area contributed by atoms with Crippen LogP contribution in [-0.2, 0) is 27.2 Å². The SMILES string of the molecule is CN(C(=O)Cc1ccc2c(c1)CC(=O)N2)C(CN1CC[C@@H](O)C1)c1cccc(OCC(=O)O)c1. The topological polar surface area (TPSA) is 119 Å². The highest BCUT2D eigenvalue weighted by Crippen LogP contribution is 2.28. The normalized spacial score (nSPS) is 18.3. The van der Waals surface area contributed by atoms with Crippen molar-refractivity contribution in [3.05, 3.63) is 59.2 Å². The smallest absolute Gasteiger partial charge is 0.341 e. The van der Waals surface area contributed by atoms with Gasteiger partial charge in [-0.3, -0.25) is 14.5 Å². The molecule has 0 spiro atoms. The summed E-state index contributed by atoms with van der Waals surface area (Å²) in [6.07, 6.45) is 0.811. The van der Waals surface area contributed by atoms with E-state index in [1.807, 2.05) is 24.3 Å². The second kappa shape index (κ2) is 10.2. The predicted octanol–water partition coefficient (Wildman–Crippen LogP) is 1.45. The number of amides is 2. The zero-order chi connectivity index (χ0) is 24.2. The second-order valence-corrected chi connectivity index (χ2v) is 8.87. The molecule has 2 aliphatic heterocycles. The number of hydrogen-bond donors (Lipinski definition) is 3. The molecule has 0 saturated carbocycles. The summed E-state index contributed by atoms with van der Waals surface area (Å²) in [4.78, 5) is 39.6. The van der Waals surface area contributed by atoms with Gasteiger partial charge in [-0.2, -0.15) is 0 Å². The van der Waals surface area contributed by atoms with E-state index in [9.17, 15) is 19.5 Å². The number of nitrogens with zero attached hydrogens (tertiary/aromatic N) is 2. The van der Waals surface area contributed by atoms with Gasteiger partial charge in [-0.05, 0) is 41.3 Å². The number of likely N-dealkylation sites (N-methyl/N-ethyl adjacent to an activating group) is 1. The molecule has 3 N–H and O–H groups in total.